The molecule has 2 aliphatic rings. The Morgan fingerprint density at radius 2 is 1.42 bits per heavy atom. The van der Waals surface area contributed by atoms with Crippen LogP contribution >= 0.6 is 11.6 Å². The molecular formula is C36H47ClN2O4. The van der Waals surface area contributed by atoms with Crippen LogP contribution in [0.3, 0.4) is 0 Å². The standard InChI is InChI=1S/C35H45ClN2O2.CH2O2/c1-26-22-35(33(36)23-30(26)24-38-18-5-4-6-19-38)40-25-29-12-9-13-31(27(29)2)32-14-10-15-34(28(32)3)39-21-11-20-37-16-7-8-17-37;2-1-3/h9-10,12-15,22-23H,4-8,11,16-21,24-25H2,1-3H3;1H,(H,2,3). The van der Waals surface area contributed by atoms with Crippen LogP contribution in [-0.2, 0) is 17.9 Å². The summed E-state index contributed by atoms with van der Waals surface area (Å²) in [5, 5.41) is 7.58. The Morgan fingerprint density at radius 3 is 2.14 bits per heavy atom. The zero-order valence-corrected chi connectivity index (χ0v) is 26.8. The van der Waals surface area contributed by atoms with Gasteiger partial charge in [-0.15, -0.1) is 0 Å². The van der Waals surface area contributed by atoms with E-state index in [0.29, 0.717) is 11.6 Å². The van der Waals surface area contributed by atoms with Crippen LogP contribution in [0.4, 0.5) is 0 Å². The summed E-state index contributed by atoms with van der Waals surface area (Å²) >= 11 is 6.72. The Morgan fingerprint density at radius 1 is 0.791 bits per heavy atom. The van der Waals surface area contributed by atoms with E-state index in [9.17, 15) is 0 Å². The first-order chi connectivity index (χ1) is 20.9. The van der Waals surface area contributed by atoms with Crippen LogP contribution in [0, 0.1) is 20.8 Å². The minimum Gasteiger partial charge on any atom is -0.493 e. The zero-order chi connectivity index (χ0) is 30.6. The third-order valence-electron chi connectivity index (χ3n) is 8.71. The summed E-state index contributed by atoms with van der Waals surface area (Å²) in [5.41, 5.74) is 8.56. The van der Waals surface area contributed by atoms with Gasteiger partial charge in [0.25, 0.3) is 6.47 Å². The number of likely N-dealkylation sites (tertiary alicyclic amines) is 2. The lowest BCUT2D eigenvalue weighted by molar-refractivity contribution is -0.122. The topological polar surface area (TPSA) is 62.2 Å². The lowest BCUT2D eigenvalue weighted by Crippen LogP contribution is -2.29. The van der Waals surface area contributed by atoms with Gasteiger partial charge in [0.15, 0.2) is 0 Å². The zero-order valence-electron chi connectivity index (χ0n) is 26.0. The van der Waals surface area contributed by atoms with Crippen molar-refractivity contribution in [2.45, 2.75) is 72.4 Å². The van der Waals surface area contributed by atoms with Crippen LogP contribution in [0.5, 0.6) is 11.5 Å². The average molecular weight is 607 g/mol. The fourth-order valence-electron chi connectivity index (χ4n) is 6.16. The molecular weight excluding hydrogens is 560 g/mol. The van der Waals surface area contributed by atoms with Gasteiger partial charge in [0.05, 0.1) is 11.6 Å². The summed E-state index contributed by atoms with van der Waals surface area (Å²) in [6.45, 7) is 14.4. The molecule has 0 radical (unpaired) electrons. The Bertz CT molecular complexity index is 1330. The van der Waals surface area contributed by atoms with E-state index in [1.807, 2.05) is 0 Å². The molecule has 0 amide bonds. The van der Waals surface area contributed by atoms with Crippen molar-refractivity contribution in [3.05, 3.63) is 81.4 Å². The average Bonchev–Trinajstić information content (AvgIpc) is 3.53. The summed E-state index contributed by atoms with van der Waals surface area (Å²) in [4.78, 5) is 13.4. The first-order valence-corrected chi connectivity index (χ1v) is 16.0. The molecule has 232 valence electrons. The molecule has 0 spiro atoms. The van der Waals surface area contributed by atoms with Crippen LogP contribution in [0.15, 0.2) is 48.5 Å². The maximum atomic E-state index is 8.36. The minimum atomic E-state index is -0.250. The van der Waals surface area contributed by atoms with Gasteiger partial charge in [-0.3, -0.25) is 9.69 Å². The van der Waals surface area contributed by atoms with Gasteiger partial charge in [-0.1, -0.05) is 48.4 Å². The lowest BCUT2D eigenvalue weighted by Gasteiger charge is -2.27. The molecule has 43 heavy (non-hydrogen) atoms. The molecule has 0 aliphatic carbocycles. The summed E-state index contributed by atoms with van der Waals surface area (Å²) < 4.78 is 12.6. The molecule has 2 saturated heterocycles. The van der Waals surface area contributed by atoms with Crippen molar-refractivity contribution in [2.75, 3.05) is 39.3 Å². The fourth-order valence-corrected chi connectivity index (χ4v) is 6.40. The van der Waals surface area contributed by atoms with E-state index in [-0.39, 0.29) is 6.47 Å². The number of halogens is 1. The third-order valence-corrected chi connectivity index (χ3v) is 9.01. The van der Waals surface area contributed by atoms with E-state index in [0.717, 1.165) is 37.6 Å². The second kappa shape index (κ2) is 16.7. The molecule has 5 rings (SSSR count). The highest BCUT2D eigenvalue weighted by Crippen LogP contribution is 2.35. The third kappa shape index (κ3) is 9.21. The normalized spacial score (nSPS) is 15.5. The largest absolute Gasteiger partial charge is 0.493 e. The number of benzene rings is 3. The quantitative estimate of drug-likeness (QED) is 0.176. The molecule has 2 fully saturated rings. The molecule has 6 nitrogen and oxygen atoms in total. The molecule has 0 unspecified atom stereocenters. The van der Waals surface area contributed by atoms with Crippen molar-refractivity contribution in [3.63, 3.8) is 0 Å². The molecule has 3 aromatic carbocycles. The van der Waals surface area contributed by atoms with E-state index in [1.54, 1.807) is 0 Å². The second-order valence-electron chi connectivity index (χ2n) is 11.7. The SMILES string of the molecule is Cc1cc(OCc2cccc(-c3cccc(OCCCN4CCCC4)c3C)c2C)c(Cl)cc1CN1CCCCC1.O=CO. The number of carbonyl (C=O) groups is 1. The van der Waals surface area contributed by atoms with Gasteiger partial charge in [-0.2, -0.15) is 0 Å². The van der Waals surface area contributed by atoms with Crippen molar-refractivity contribution >= 4 is 18.1 Å². The number of aryl methyl sites for hydroxylation is 1. The molecule has 0 aromatic heterocycles. The highest BCUT2D eigenvalue weighted by molar-refractivity contribution is 6.32. The lowest BCUT2D eigenvalue weighted by atomic mass is 9.93. The number of rotatable bonds is 11. The molecule has 2 aliphatic heterocycles. The predicted octanol–water partition coefficient (Wildman–Crippen LogP) is 8.06. The van der Waals surface area contributed by atoms with Crippen LogP contribution < -0.4 is 9.47 Å². The van der Waals surface area contributed by atoms with Gasteiger partial charge in [0.2, 0.25) is 0 Å². The van der Waals surface area contributed by atoms with Gasteiger partial charge in [0.1, 0.15) is 18.1 Å². The summed E-state index contributed by atoms with van der Waals surface area (Å²) in [5.74, 6) is 1.73. The molecule has 0 bridgehead atoms. The van der Waals surface area contributed by atoms with Crippen LogP contribution in [0.25, 0.3) is 11.1 Å². The first kappa shape index (κ1) is 32.8. The van der Waals surface area contributed by atoms with Gasteiger partial charge in [0, 0.05) is 13.1 Å². The molecule has 0 saturated carbocycles. The molecule has 3 aromatic rings. The Kier molecular flexibility index (Phi) is 12.8. The van der Waals surface area contributed by atoms with Crippen molar-refractivity contribution < 1.29 is 19.4 Å². The monoisotopic (exact) mass is 606 g/mol. The van der Waals surface area contributed by atoms with Crippen molar-refractivity contribution in [3.8, 4) is 22.6 Å². The van der Waals surface area contributed by atoms with Crippen LogP contribution in [0.1, 0.15) is 66.3 Å². The number of piperidine rings is 1. The Balaban J connectivity index is 0.00000135. The Labute approximate surface area is 262 Å². The van der Waals surface area contributed by atoms with E-state index in [2.05, 4.69) is 79.1 Å². The first-order valence-electron chi connectivity index (χ1n) is 15.7. The molecule has 7 heteroatoms. The molecule has 1 N–H and O–H groups in total. The van der Waals surface area contributed by atoms with Gasteiger partial charge in [-0.25, -0.2) is 0 Å². The van der Waals surface area contributed by atoms with Gasteiger partial charge >= 0.3 is 0 Å². The number of hydrogen-bond donors (Lipinski definition) is 1. The number of ether oxygens (including phenoxy) is 2. The van der Waals surface area contributed by atoms with Crippen molar-refractivity contribution in [2.24, 2.45) is 0 Å². The maximum absolute atomic E-state index is 8.36. The highest BCUT2D eigenvalue weighted by atomic mass is 35.5. The van der Waals surface area contributed by atoms with Gasteiger partial charge < -0.3 is 19.5 Å². The highest BCUT2D eigenvalue weighted by Gasteiger charge is 2.16. The van der Waals surface area contributed by atoms with E-state index < -0.39 is 0 Å². The number of carboxylic acid groups (broad SMARTS) is 1. The van der Waals surface area contributed by atoms with Gasteiger partial charge in [-0.05, 0) is 136 Å². The summed E-state index contributed by atoms with van der Waals surface area (Å²) in [6, 6.07) is 17.1. The van der Waals surface area contributed by atoms with Crippen LogP contribution in [-0.4, -0.2) is 60.7 Å². The summed E-state index contributed by atoms with van der Waals surface area (Å²) in [6.07, 6.45) is 7.68. The Hall–Kier alpha value is -3.06. The van der Waals surface area contributed by atoms with Crippen LogP contribution in [0.2, 0.25) is 5.02 Å². The maximum Gasteiger partial charge on any atom is 0.290 e. The van der Waals surface area contributed by atoms with Crippen molar-refractivity contribution in [1.82, 2.24) is 9.80 Å². The minimum absolute atomic E-state index is 0.250. The smallest absolute Gasteiger partial charge is 0.290 e. The fraction of sp³-hybridized carbons (Fsp3) is 0.472. The molecule has 0 atom stereocenters. The van der Waals surface area contributed by atoms with E-state index in [4.69, 9.17) is 31.0 Å². The second-order valence-corrected chi connectivity index (χ2v) is 12.1. The number of hydrogen-bond acceptors (Lipinski definition) is 5. The van der Waals surface area contributed by atoms with Crippen molar-refractivity contribution in [1.29, 1.82) is 0 Å². The van der Waals surface area contributed by atoms with E-state index in [1.165, 1.54) is 97.2 Å². The summed E-state index contributed by atoms with van der Waals surface area (Å²) in [7, 11) is 0. The predicted molar refractivity (Wildman–Crippen MR) is 175 cm³/mol. The van der Waals surface area contributed by atoms with E-state index >= 15 is 0 Å². The molecule has 2 heterocycles. The number of nitrogens with zero attached hydrogens (tertiary/aromatic N) is 2.